The summed E-state index contributed by atoms with van der Waals surface area (Å²) in [5.74, 6) is -1.32. The Morgan fingerprint density at radius 1 is 1.35 bits per heavy atom. The minimum atomic E-state index is -0.661. The molecule has 1 atom stereocenters. The molecule has 1 aromatic rings. The first-order valence-electron chi connectivity index (χ1n) is 7.80. The van der Waals surface area contributed by atoms with Gasteiger partial charge in [0.25, 0.3) is 0 Å². The van der Waals surface area contributed by atoms with Gasteiger partial charge in [-0.3, -0.25) is 0 Å². The van der Waals surface area contributed by atoms with Crippen molar-refractivity contribution < 1.29 is 18.7 Å². The van der Waals surface area contributed by atoms with Crippen molar-refractivity contribution in [1.82, 2.24) is 10.2 Å². The average molecular weight is 328 g/mol. The van der Waals surface area contributed by atoms with Gasteiger partial charge in [-0.15, -0.1) is 0 Å². The van der Waals surface area contributed by atoms with Crippen molar-refractivity contribution in [2.75, 3.05) is 13.1 Å². The molecule has 0 aromatic heterocycles. The molecule has 4 nitrogen and oxygen atoms in total. The predicted molar refractivity (Wildman–Crippen MR) is 85.9 cm³/mol. The van der Waals surface area contributed by atoms with Gasteiger partial charge in [0.2, 0.25) is 0 Å². The van der Waals surface area contributed by atoms with Crippen LogP contribution in [-0.4, -0.2) is 35.2 Å². The average Bonchev–Trinajstić information content (AvgIpc) is 2.43. The van der Waals surface area contributed by atoms with Crippen LogP contribution in [0.25, 0.3) is 0 Å². The number of carbonyl (C=O) groups is 1. The van der Waals surface area contributed by atoms with E-state index in [0.29, 0.717) is 19.5 Å². The number of amides is 2. The first-order valence-corrected chi connectivity index (χ1v) is 7.80. The van der Waals surface area contributed by atoms with Gasteiger partial charge in [-0.05, 0) is 37.8 Å². The van der Waals surface area contributed by atoms with E-state index in [2.05, 4.69) is 5.32 Å². The Labute approximate surface area is 136 Å². The Morgan fingerprint density at radius 3 is 2.39 bits per heavy atom. The van der Waals surface area contributed by atoms with Gasteiger partial charge in [0.15, 0.2) is 0 Å². The summed E-state index contributed by atoms with van der Waals surface area (Å²) in [5.41, 5.74) is -0.389. The smallest absolute Gasteiger partial charge is 0.317 e. The number of hydrogen-bond donors (Lipinski definition) is 2. The summed E-state index contributed by atoms with van der Waals surface area (Å²) in [6, 6.07) is 3.27. The molecule has 0 radical (unpaired) electrons. The second-order valence-electron chi connectivity index (χ2n) is 6.59. The van der Waals surface area contributed by atoms with E-state index < -0.39 is 17.7 Å². The minimum Gasteiger partial charge on any atom is -0.393 e. The number of urea groups is 1. The van der Waals surface area contributed by atoms with Gasteiger partial charge >= 0.3 is 6.03 Å². The highest BCUT2D eigenvalue weighted by Crippen LogP contribution is 2.21. The van der Waals surface area contributed by atoms with E-state index in [1.54, 1.807) is 13.8 Å². The Morgan fingerprint density at radius 2 is 1.91 bits per heavy atom. The fourth-order valence-corrected chi connectivity index (χ4v) is 2.50. The summed E-state index contributed by atoms with van der Waals surface area (Å²) in [6.45, 7) is 7.89. The summed E-state index contributed by atoms with van der Waals surface area (Å²) in [7, 11) is 0. The van der Waals surface area contributed by atoms with Crippen LogP contribution in [0.2, 0.25) is 0 Å². The van der Waals surface area contributed by atoms with Gasteiger partial charge in [0.05, 0.1) is 12.6 Å². The van der Waals surface area contributed by atoms with E-state index in [0.717, 1.165) is 0 Å². The zero-order valence-corrected chi connectivity index (χ0v) is 14.2. The van der Waals surface area contributed by atoms with Crippen LogP contribution in [0.1, 0.15) is 39.7 Å². The molecule has 1 rings (SSSR count). The van der Waals surface area contributed by atoms with Crippen molar-refractivity contribution in [2.24, 2.45) is 5.41 Å². The Hall–Kier alpha value is -1.69. The number of aliphatic hydroxyl groups is 1. The molecule has 0 fully saturated rings. The summed E-state index contributed by atoms with van der Waals surface area (Å²) in [6.07, 6.45) is 0.0816. The molecule has 0 aliphatic heterocycles. The normalized spacial score (nSPS) is 12.8. The molecule has 1 aromatic carbocycles. The number of aliphatic hydroxyl groups excluding tert-OH is 1. The topological polar surface area (TPSA) is 52.6 Å². The van der Waals surface area contributed by atoms with E-state index in [1.165, 1.54) is 23.1 Å². The Balaban J connectivity index is 2.69. The third kappa shape index (κ3) is 6.14. The number of rotatable bonds is 7. The zero-order chi connectivity index (χ0) is 17.6. The van der Waals surface area contributed by atoms with Crippen LogP contribution >= 0.6 is 0 Å². The number of carbonyl (C=O) groups excluding carboxylic acids is 1. The molecule has 0 bridgehead atoms. The second-order valence-corrected chi connectivity index (χ2v) is 6.59. The van der Waals surface area contributed by atoms with Crippen molar-refractivity contribution in [2.45, 2.75) is 46.8 Å². The van der Waals surface area contributed by atoms with Crippen LogP contribution in [-0.2, 0) is 6.54 Å². The lowest BCUT2D eigenvalue weighted by Crippen LogP contribution is -2.44. The van der Waals surface area contributed by atoms with Gasteiger partial charge in [-0.1, -0.05) is 19.9 Å². The van der Waals surface area contributed by atoms with Crippen LogP contribution < -0.4 is 5.32 Å². The molecule has 0 aliphatic carbocycles. The van der Waals surface area contributed by atoms with Crippen LogP contribution in [0.4, 0.5) is 13.6 Å². The predicted octanol–water partition coefficient (Wildman–Crippen LogP) is 3.29. The molecule has 23 heavy (non-hydrogen) atoms. The fourth-order valence-electron chi connectivity index (χ4n) is 2.50. The number of nitrogens with one attached hydrogen (secondary N) is 1. The minimum absolute atomic E-state index is 0.118. The van der Waals surface area contributed by atoms with E-state index >= 15 is 0 Å². The SMILES string of the molecule is CCN(Cc1c(F)cccc1F)C(=O)NCC(C)(C)CC(C)O. The fraction of sp³-hybridized carbons (Fsp3) is 0.588. The molecule has 2 N–H and O–H groups in total. The Kier molecular flexibility index (Phi) is 6.94. The maximum absolute atomic E-state index is 13.7. The molecule has 0 aliphatic rings. The zero-order valence-electron chi connectivity index (χ0n) is 14.2. The van der Waals surface area contributed by atoms with Gasteiger partial charge in [-0.25, -0.2) is 13.6 Å². The largest absolute Gasteiger partial charge is 0.393 e. The maximum atomic E-state index is 13.7. The number of halogens is 2. The number of hydrogen-bond acceptors (Lipinski definition) is 2. The molecule has 0 saturated carbocycles. The highest BCUT2D eigenvalue weighted by atomic mass is 19.1. The monoisotopic (exact) mass is 328 g/mol. The summed E-state index contributed by atoms with van der Waals surface area (Å²) in [4.78, 5) is 13.6. The van der Waals surface area contributed by atoms with Crippen LogP contribution in [0.3, 0.4) is 0 Å². The lowest BCUT2D eigenvalue weighted by atomic mass is 9.87. The molecule has 130 valence electrons. The van der Waals surface area contributed by atoms with Crippen LogP contribution in [0.5, 0.6) is 0 Å². The quantitative estimate of drug-likeness (QED) is 0.807. The summed E-state index contributed by atoms with van der Waals surface area (Å²) < 4.78 is 27.4. The van der Waals surface area contributed by atoms with Crippen molar-refractivity contribution >= 4 is 6.03 Å². The molecule has 0 saturated heterocycles. The van der Waals surface area contributed by atoms with Crippen LogP contribution in [0.15, 0.2) is 18.2 Å². The number of benzene rings is 1. The highest BCUT2D eigenvalue weighted by molar-refractivity contribution is 5.74. The number of nitrogens with zero attached hydrogens (tertiary/aromatic N) is 1. The van der Waals surface area contributed by atoms with Crippen molar-refractivity contribution in [1.29, 1.82) is 0 Å². The third-order valence-corrected chi connectivity index (χ3v) is 3.65. The third-order valence-electron chi connectivity index (χ3n) is 3.65. The molecule has 0 spiro atoms. The lowest BCUT2D eigenvalue weighted by Gasteiger charge is -2.29. The molecule has 6 heteroatoms. The molecular formula is C17H26F2N2O2. The highest BCUT2D eigenvalue weighted by Gasteiger charge is 2.23. The van der Waals surface area contributed by atoms with Gasteiger partial charge in [-0.2, -0.15) is 0 Å². The van der Waals surface area contributed by atoms with E-state index in [4.69, 9.17) is 0 Å². The van der Waals surface area contributed by atoms with Crippen molar-refractivity contribution in [3.8, 4) is 0 Å². The Bertz CT molecular complexity index is 513. The van der Waals surface area contributed by atoms with E-state index in [-0.39, 0.29) is 23.6 Å². The maximum Gasteiger partial charge on any atom is 0.317 e. The van der Waals surface area contributed by atoms with E-state index in [9.17, 15) is 18.7 Å². The molecular weight excluding hydrogens is 302 g/mol. The summed E-state index contributed by atoms with van der Waals surface area (Å²) in [5, 5.41) is 12.2. The molecule has 2 amide bonds. The second kappa shape index (κ2) is 8.24. The van der Waals surface area contributed by atoms with Gasteiger partial charge < -0.3 is 15.3 Å². The first kappa shape index (κ1) is 19.4. The standard InChI is InChI=1S/C17H26F2N2O2/c1-5-21(10-13-14(18)7-6-8-15(13)19)16(23)20-11-17(3,4)9-12(2)22/h6-8,12,22H,5,9-11H2,1-4H3,(H,20,23). The summed E-state index contributed by atoms with van der Waals surface area (Å²) >= 11 is 0. The first-order chi connectivity index (χ1) is 10.7. The lowest BCUT2D eigenvalue weighted by molar-refractivity contribution is 0.126. The molecule has 1 unspecified atom stereocenters. The van der Waals surface area contributed by atoms with Crippen molar-refractivity contribution in [3.63, 3.8) is 0 Å². The molecule has 0 heterocycles. The van der Waals surface area contributed by atoms with Crippen molar-refractivity contribution in [3.05, 3.63) is 35.4 Å². The van der Waals surface area contributed by atoms with Crippen LogP contribution in [0, 0.1) is 17.0 Å². The van der Waals surface area contributed by atoms with Gasteiger partial charge in [0.1, 0.15) is 11.6 Å². The van der Waals surface area contributed by atoms with Gasteiger partial charge in [0, 0.05) is 18.7 Å². The van der Waals surface area contributed by atoms with E-state index in [1.807, 2.05) is 13.8 Å².